The van der Waals surface area contributed by atoms with E-state index in [9.17, 15) is 4.39 Å². The predicted octanol–water partition coefficient (Wildman–Crippen LogP) is 13.3. The van der Waals surface area contributed by atoms with E-state index in [0.29, 0.717) is 11.5 Å². The van der Waals surface area contributed by atoms with Crippen LogP contribution in [0.5, 0.6) is 11.5 Å². The van der Waals surface area contributed by atoms with E-state index in [4.69, 9.17) is 14.7 Å². The smallest absolute Gasteiger partial charge is 0.153 e. The molecule has 0 unspecified atom stereocenters. The number of halogens is 1. The zero-order valence-electron chi connectivity index (χ0n) is 30.1. The van der Waals surface area contributed by atoms with Crippen molar-refractivity contribution < 1.29 is 9.13 Å². The Labute approximate surface area is 322 Å². The van der Waals surface area contributed by atoms with Gasteiger partial charge in [-0.3, -0.25) is 0 Å². The first kappa shape index (κ1) is 33.0. The molecule has 0 fully saturated rings. The van der Waals surface area contributed by atoms with Gasteiger partial charge >= 0.3 is 0 Å². The Morgan fingerprint density at radius 1 is 0.393 bits per heavy atom. The van der Waals surface area contributed by atoms with E-state index in [1.54, 1.807) is 12.1 Å². The average molecular weight is 725 g/mol. The maximum Gasteiger partial charge on any atom is 0.153 e. The van der Waals surface area contributed by atoms with Gasteiger partial charge in [-0.25, -0.2) is 14.4 Å². The minimum atomic E-state index is -0.334. The number of benzene rings is 5. The highest BCUT2D eigenvalue weighted by Gasteiger charge is 2.21. The lowest BCUT2D eigenvalue weighted by Crippen LogP contribution is -1.90. The quantitative estimate of drug-likeness (QED) is 0.179. The van der Waals surface area contributed by atoms with Gasteiger partial charge in [0.15, 0.2) is 5.75 Å². The molecule has 0 spiro atoms. The Kier molecular flexibility index (Phi) is 8.26. The lowest BCUT2D eigenvalue weighted by atomic mass is 10.0. The summed E-state index contributed by atoms with van der Waals surface area (Å²) >= 11 is 0. The van der Waals surface area contributed by atoms with Crippen LogP contribution in [-0.4, -0.2) is 19.9 Å². The average Bonchev–Trinajstić information content (AvgIpc) is 4.08. The summed E-state index contributed by atoms with van der Waals surface area (Å²) in [6, 6.07) is 53.6. The van der Waals surface area contributed by atoms with Gasteiger partial charge in [0.25, 0.3) is 0 Å². The fourth-order valence-corrected chi connectivity index (χ4v) is 7.60. The van der Waals surface area contributed by atoms with Gasteiger partial charge in [0.2, 0.25) is 0 Å². The van der Waals surface area contributed by atoms with Crippen molar-refractivity contribution in [3.05, 3.63) is 192 Å². The van der Waals surface area contributed by atoms with Gasteiger partial charge in [0.05, 0.1) is 33.8 Å². The van der Waals surface area contributed by atoms with Crippen LogP contribution in [0.1, 0.15) is 22.8 Å². The number of hydrogen-bond donors (Lipinski definition) is 2. The van der Waals surface area contributed by atoms with Gasteiger partial charge in [0.1, 0.15) is 11.6 Å². The third kappa shape index (κ3) is 6.09. The van der Waals surface area contributed by atoms with Crippen LogP contribution < -0.4 is 4.74 Å². The lowest BCUT2D eigenvalue weighted by molar-refractivity contribution is 0.487. The Morgan fingerprint density at radius 2 is 0.786 bits per heavy atom. The third-order valence-corrected chi connectivity index (χ3v) is 10.1. The van der Waals surface area contributed by atoms with Crippen molar-refractivity contribution >= 4 is 46.4 Å². The van der Waals surface area contributed by atoms with E-state index in [0.717, 1.165) is 89.4 Å². The molecule has 0 amide bonds. The third-order valence-electron chi connectivity index (χ3n) is 10.1. The molecule has 5 nitrogen and oxygen atoms in total. The molecule has 6 heteroatoms. The van der Waals surface area contributed by atoms with Crippen LogP contribution in [0, 0.1) is 5.82 Å². The lowest BCUT2D eigenvalue weighted by Gasteiger charge is -2.08. The van der Waals surface area contributed by atoms with Crippen molar-refractivity contribution in [2.24, 2.45) is 0 Å². The number of aromatic amines is 2. The normalized spacial score (nSPS) is 11.9. The molecule has 2 N–H and O–H groups in total. The van der Waals surface area contributed by atoms with E-state index in [1.165, 1.54) is 12.1 Å². The summed E-state index contributed by atoms with van der Waals surface area (Å²) in [6.45, 7) is 0. The number of aromatic nitrogens is 4. The molecule has 56 heavy (non-hydrogen) atoms. The molecule has 0 saturated heterocycles. The molecule has 0 saturated carbocycles. The monoisotopic (exact) mass is 724 g/mol. The van der Waals surface area contributed by atoms with E-state index in [-0.39, 0.29) is 5.82 Å². The highest BCUT2D eigenvalue weighted by atomic mass is 19.1. The van der Waals surface area contributed by atoms with Crippen LogP contribution in [0.25, 0.3) is 90.9 Å². The Hall–Kier alpha value is -7.57. The van der Waals surface area contributed by atoms with Crippen molar-refractivity contribution in [2.75, 3.05) is 0 Å². The highest BCUT2D eigenvalue weighted by molar-refractivity contribution is 6.01. The SMILES string of the molecule is Fc1ccc(Oc2cc3[nH]c2c(-c2ccccc2)c2nc(c(-c4ccccc4)c4ccc([nH]4)c(-c4ccccc4)c4nc(c3-c3ccccc3)C=C4)C=C2)cc1. The zero-order valence-corrected chi connectivity index (χ0v) is 30.1. The Morgan fingerprint density at radius 3 is 1.23 bits per heavy atom. The molecule has 5 aromatic carbocycles. The van der Waals surface area contributed by atoms with Crippen molar-refractivity contribution in [3.63, 3.8) is 0 Å². The summed E-state index contributed by atoms with van der Waals surface area (Å²) in [7, 11) is 0. The predicted molar refractivity (Wildman–Crippen MR) is 227 cm³/mol. The Balaban J connectivity index is 1.41. The maximum absolute atomic E-state index is 14.1. The minimum Gasteiger partial charge on any atom is -0.455 e. The summed E-state index contributed by atoms with van der Waals surface area (Å²) in [5.41, 5.74) is 14.4. The minimum absolute atomic E-state index is 0.334. The van der Waals surface area contributed by atoms with E-state index in [2.05, 4.69) is 107 Å². The summed E-state index contributed by atoms with van der Waals surface area (Å²) in [5, 5.41) is 0. The summed E-state index contributed by atoms with van der Waals surface area (Å²) in [5.74, 6) is 0.738. The number of nitrogens with one attached hydrogen (secondary N) is 2. The molecule has 10 rings (SSSR count). The van der Waals surface area contributed by atoms with E-state index in [1.807, 2.05) is 66.7 Å². The molecule has 2 aliphatic rings. The fraction of sp³-hybridized carbons (Fsp3) is 0. The summed E-state index contributed by atoms with van der Waals surface area (Å²) in [4.78, 5) is 18.4. The molecule has 2 aliphatic heterocycles. The van der Waals surface area contributed by atoms with Gasteiger partial charge in [-0.2, -0.15) is 0 Å². The number of hydrogen-bond acceptors (Lipinski definition) is 3. The molecule has 8 aromatic rings. The second-order valence-electron chi connectivity index (χ2n) is 13.7. The molecule has 5 heterocycles. The van der Waals surface area contributed by atoms with E-state index < -0.39 is 0 Å². The molecule has 266 valence electrons. The van der Waals surface area contributed by atoms with Crippen molar-refractivity contribution in [2.45, 2.75) is 0 Å². The topological polar surface area (TPSA) is 66.6 Å². The number of fused-ring (bicyclic) bond motifs is 8. The van der Waals surface area contributed by atoms with Crippen LogP contribution in [0.15, 0.2) is 164 Å². The van der Waals surface area contributed by atoms with Crippen LogP contribution in [0.3, 0.4) is 0 Å². The Bertz CT molecular complexity index is 2970. The first-order chi connectivity index (χ1) is 27.7. The maximum atomic E-state index is 14.1. The van der Waals surface area contributed by atoms with Crippen LogP contribution >= 0.6 is 0 Å². The molecular formula is C50H33FN4O. The van der Waals surface area contributed by atoms with Crippen molar-refractivity contribution in [1.82, 2.24) is 19.9 Å². The van der Waals surface area contributed by atoms with Crippen molar-refractivity contribution in [1.29, 1.82) is 0 Å². The van der Waals surface area contributed by atoms with Gasteiger partial charge in [-0.1, -0.05) is 121 Å². The van der Waals surface area contributed by atoms with Gasteiger partial charge in [-0.15, -0.1) is 0 Å². The molecule has 0 radical (unpaired) electrons. The van der Waals surface area contributed by atoms with Gasteiger partial charge in [-0.05, 0) is 83.0 Å². The molecular weight excluding hydrogens is 692 g/mol. The van der Waals surface area contributed by atoms with Crippen LogP contribution in [-0.2, 0) is 0 Å². The molecule has 0 atom stereocenters. The number of nitrogens with zero attached hydrogens (tertiary/aromatic N) is 2. The first-order valence-electron chi connectivity index (χ1n) is 18.5. The number of H-pyrrole nitrogens is 2. The fourth-order valence-electron chi connectivity index (χ4n) is 7.60. The highest BCUT2D eigenvalue weighted by Crippen LogP contribution is 2.42. The van der Waals surface area contributed by atoms with Crippen molar-refractivity contribution in [3.8, 4) is 56.0 Å². The summed E-state index contributed by atoms with van der Waals surface area (Å²) < 4.78 is 20.8. The number of rotatable bonds is 6. The standard InChI is InChI=1S/C50H33FN4O/c51-36-21-23-37(24-22-36)56-45-31-44-48(34-17-9-3-10-18-34)42-28-27-40(53-42)46(32-13-5-1-6-14-32)38-25-26-39(52-38)47(33-15-7-2-8-16-33)41-29-30-43(54-41)49(50(45)55-44)35-19-11-4-12-20-35/h1-31,52,55H. The second-order valence-corrected chi connectivity index (χ2v) is 13.7. The largest absolute Gasteiger partial charge is 0.455 e. The molecule has 3 aromatic heterocycles. The van der Waals surface area contributed by atoms with E-state index >= 15 is 0 Å². The number of ether oxygens (including phenoxy) is 1. The van der Waals surface area contributed by atoms with Gasteiger partial charge in [0, 0.05) is 39.4 Å². The molecule has 0 aliphatic carbocycles. The van der Waals surface area contributed by atoms with Crippen LogP contribution in [0.2, 0.25) is 0 Å². The van der Waals surface area contributed by atoms with Crippen LogP contribution in [0.4, 0.5) is 4.39 Å². The molecule has 8 bridgehead atoms. The van der Waals surface area contributed by atoms with Gasteiger partial charge < -0.3 is 14.7 Å². The second kappa shape index (κ2) is 14.0. The zero-order chi connectivity index (χ0) is 37.4. The summed E-state index contributed by atoms with van der Waals surface area (Å²) in [6.07, 6.45) is 8.32. The first-order valence-corrected chi connectivity index (χ1v) is 18.5.